The van der Waals surface area contributed by atoms with E-state index in [-0.39, 0.29) is 6.04 Å². The maximum atomic E-state index is 4.27. The van der Waals surface area contributed by atoms with Crippen molar-refractivity contribution in [2.45, 2.75) is 19.4 Å². The minimum atomic E-state index is 0.229. The van der Waals surface area contributed by atoms with Gasteiger partial charge in [0.2, 0.25) is 0 Å². The molecule has 1 N–H and O–H groups in total. The molecule has 0 aromatic carbocycles. The molecular formula is C10H15N3. The van der Waals surface area contributed by atoms with Gasteiger partial charge >= 0.3 is 0 Å². The number of hydrogen-bond donors (Lipinski definition) is 1. The van der Waals surface area contributed by atoms with Gasteiger partial charge in [-0.3, -0.25) is 0 Å². The molecule has 0 bridgehead atoms. The van der Waals surface area contributed by atoms with Gasteiger partial charge in [-0.05, 0) is 14.0 Å². The zero-order chi connectivity index (χ0) is 9.68. The third-order valence-corrected chi connectivity index (χ3v) is 2.00. The number of nitrogens with one attached hydrogen (secondary N) is 1. The minimum absolute atomic E-state index is 0.229. The van der Waals surface area contributed by atoms with Gasteiger partial charge in [0, 0.05) is 25.9 Å². The molecule has 0 spiro atoms. The molecule has 0 aliphatic carbocycles. The number of nitrogens with zero attached hydrogens (tertiary/aromatic N) is 2. The Morgan fingerprint density at radius 1 is 1.69 bits per heavy atom. The molecule has 13 heavy (non-hydrogen) atoms. The number of aryl methyl sites for hydroxylation is 1. The Balaban J connectivity index is 2.76. The molecule has 0 amide bonds. The van der Waals surface area contributed by atoms with Crippen LogP contribution in [0.4, 0.5) is 0 Å². The van der Waals surface area contributed by atoms with Gasteiger partial charge < -0.3 is 9.88 Å². The summed E-state index contributed by atoms with van der Waals surface area (Å²) >= 11 is 0. The number of aromatic nitrogens is 2. The fraction of sp³-hybridized carbons (Fsp3) is 0.500. The van der Waals surface area contributed by atoms with E-state index < -0.39 is 0 Å². The van der Waals surface area contributed by atoms with Crippen LogP contribution in [-0.4, -0.2) is 16.6 Å². The Bertz CT molecular complexity index is 316. The third kappa shape index (κ3) is 2.33. The summed E-state index contributed by atoms with van der Waals surface area (Å²) < 4.78 is 2.01. The second kappa shape index (κ2) is 4.68. The van der Waals surface area contributed by atoms with Gasteiger partial charge in [0.15, 0.2) is 0 Å². The van der Waals surface area contributed by atoms with Crippen molar-refractivity contribution in [2.24, 2.45) is 7.05 Å². The largest absolute Gasteiger partial charge is 0.337 e. The van der Waals surface area contributed by atoms with Gasteiger partial charge in [-0.15, -0.1) is 11.8 Å². The smallest absolute Gasteiger partial charge is 0.126 e. The summed E-state index contributed by atoms with van der Waals surface area (Å²) in [6, 6.07) is 0.229. The summed E-state index contributed by atoms with van der Waals surface area (Å²) in [5.41, 5.74) is 0. The monoisotopic (exact) mass is 177 g/mol. The molecular weight excluding hydrogens is 162 g/mol. The van der Waals surface area contributed by atoms with Crippen molar-refractivity contribution in [3.8, 4) is 11.8 Å². The Hall–Kier alpha value is -1.27. The minimum Gasteiger partial charge on any atom is -0.337 e. The van der Waals surface area contributed by atoms with E-state index in [1.165, 1.54) is 0 Å². The van der Waals surface area contributed by atoms with Crippen molar-refractivity contribution in [3.63, 3.8) is 0 Å². The van der Waals surface area contributed by atoms with Crippen molar-refractivity contribution in [1.82, 2.24) is 14.9 Å². The molecule has 1 heterocycles. The van der Waals surface area contributed by atoms with E-state index in [4.69, 9.17) is 0 Å². The average molecular weight is 177 g/mol. The molecule has 1 atom stereocenters. The fourth-order valence-corrected chi connectivity index (χ4v) is 1.24. The number of hydrogen-bond acceptors (Lipinski definition) is 2. The highest BCUT2D eigenvalue weighted by atomic mass is 15.1. The highest BCUT2D eigenvalue weighted by molar-refractivity contribution is 5.06. The summed E-state index contributed by atoms with van der Waals surface area (Å²) in [5, 5.41) is 3.19. The van der Waals surface area contributed by atoms with E-state index in [1.54, 1.807) is 6.20 Å². The van der Waals surface area contributed by atoms with Gasteiger partial charge in [-0.1, -0.05) is 0 Å². The second-order valence-electron chi connectivity index (χ2n) is 2.87. The Kier molecular flexibility index (Phi) is 3.53. The SMILES string of the molecule is CC#CCC(NC)c1nccn1C. The fourth-order valence-electron chi connectivity index (χ4n) is 1.24. The molecule has 1 aromatic heterocycles. The first kappa shape index (κ1) is 9.82. The maximum Gasteiger partial charge on any atom is 0.126 e. The first-order chi connectivity index (χ1) is 6.29. The van der Waals surface area contributed by atoms with Crippen LogP contribution in [0, 0.1) is 11.8 Å². The molecule has 1 aromatic rings. The number of imidazole rings is 1. The molecule has 0 saturated heterocycles. The number of rotatable bonds is 3. The Morgan fingerprint density at radius 3 is 2.92 bits per heavy atom. The summed E-state index contributed by atoms with van der Waals surface area (Å²) in [6.45, 7) is 1.85. The molecule has 0 radical (unpaired) electrons. The van der Waals surface area contributed by atoms with E-state index in [2.05, 4.69) is 22.1 Å². The molecule has 70 valence electrons. The summed E-state index contributed by atoms with van der Waals surface area (Å²) in [5.74, 6) is 6.97. The lowest BCUT2D eigenvalue weighted by Gasteiger charge is -2.12. The Morgan fingerprint density at radius 2 is 2.46 bits per heavy atom. The predicted molar refractivity (Wildman–Crippen MR) is 53.1 cm³/mol. The van der Waals surface area contributed by atoms with Crippen molar-refractivity contribution in [3.05, 3.63) is 18.2 Å². The molecule has 0 aliphatic rings. The highest BCUT2D eigenvalue weighted by Gasteiger charge is 2.11. The molecule has 1 rings (SSSR count). The van der Waals surface area contributed by atoms with Crippen LogP contribution in [0.1, 0.15) is 25.2 Å². The molecule has 0 fully saturated rings. The highest BCUT2D eigenvalue weighted by Crippen LogP contribution is 2.12. The van der Waals surface area contributed by atoms with E-state index in [0.717, 1.165) is 12.2 Å². The van der Waals surface area contributed by atoms with Crippen LogP contribution in [0.15, 0.2) is 12.4 Å². The second-order valence-corrected chi connectivity index (χ2v) is 2.87. The van der Waals surface area contributed by atoms with E-state index in [1.807, 2.05) is 31.8 Å². The van der Waals surface area contributed by atoms with Gasteiger partial charge in [0.05, 0.1) is 6.04 Å². The lowest BCUT2D eigenvalue weighted by Crippen LogP contribution is -2.19. The Labute approximate surface area is 79.2 Å². The molecule has 0 saturated carbocycles. The quantitative estimate of drug-likeness (QED) is 0.700. The van der Waals surface area contributed by atoms with Gasteiger partial charge in [0.1, 0.15) is 5.82 Å². The first-order valence-electron chi connectivity index (χ1n) is 4.33. The summed E-state index contributed by atoms with van der Waals surface area (Å²) in [6.07, 6.45) is 4.55. The lowest BCUT2D eigenvalue weighted by molar-refractivity contribution is 0.553. The molecule has 0 aliphatic heterocycles. The normalized spacial score (nSPS) is 11.9. The maximum absolute atomic E-state index is 4.27. The van der Waals surface area contributed by atoms with Crippen LogP contribution < -0.4 is 5.32 Å². The molecule has 3 nitrogen and oxygen atoms in total. The third-order valence-electron chi connectivity index (χ3n) is 2.00. The van der Waals surface area contributed by atoms with Crippen molar-refractivity contribution in [2.75, 3.05) is 7.05 Å². The lowest BCUT2D eigenvalue weighted by atomic mass is 10.2. The zero-order valence-corrected chi connectivity index (χ0v) is 8.33. The zero-order valence-electron chi connectivity index (χ0n) is 8.33. The van der Waals surface area contributed by atoms with E-state index >= 15 is 0 Å². The standard InChI is InChI=1S/C10H15N3/c1-4-5-6-9(11-2)10-12-7-8-13(10)3/h7-9,11H,6H2,1-3H3. The predicted octanol–water partition coefficient (Wildman–Crippen LogP) is 1.09. The summed E-state index contributed by atoms with van der Waals surface area (Å²) in [4.78, 5) is 4.27. The van der Waals surface area contributed by atoms with Crippen LogP contribution in [-0.2, 0) is 7.05 Å². The van der Waals surface area contributed by atoms with Gasteiger partial charge in [-0.25, -0.2) is 4.98 Å². The van der Waals surface area contributed by atoms with Gasteiger partial charge in [-0.2, -0.15) is 0 Å². The first-order valence-corrected chi connectivity index (χ1v) is 4.33. The molecule has 3 heteroatoms. The van der Waals surface area contributed by atoms with Gasteiger partial charge in [0.25, 0.3) is 0 Å². The molecule has 1 unspecified atom stereocenters. The van der Waals surface area contributed by atoms with Crippen LogP contribution in [0.3, 0.4) is 0 Å². The average Bonchev–Trinajstić information content (AvgIpc) is 2.54. The van der Waals surface area contributed by atoms with E-state index in [9.17, 15) is 0 Å². The van der Waals surface area contributed by atoms with Crippen LogP contribution >= 0.6 is 0 Å². The van der Waals surface area contributed by atoms with Crippen molar-refractivity contribution >= 4 is 0 Å². The van der Waals surface area contributed by atoms with Crippen molar-refractivity contribution < 1.29 is 0 Å². The summed E-state index contributed by atoms with van der Waals surface area (Å²) in [7, 11) is 3.92. The van der Waals surface area contributed by atoms with Crippen LogP contribution in [0.25, 0.3) is 0 Å². The van der Waals surface area contributed by atoms with Crippen LogP contribution in [0.5, 0.6) is 0 Å². The van der Waals surface area contributed by atoms with Crippen molar-refractivity contribution in [1.29, 1.82) is 0 Å². The topological polar surface area (TPSA) is 29.9 Å². The van der Waals surface area contributed by atoms with E-state index in [0.29, 0.717) is 0 Å². The van der Waals surface area contributed by atoms with Crippen LogP contribution in [0.2, 0.25) is 0 Å².